The van der Waals surface area contributed by atoms with E-state index in [0.29, 0.717) is 5.41 Å². The van der Waals surface area contributed by atoms with Gasteiger partial charge in [0.2, 0.25) is 0 Å². The van der Waals surface area contributed by atoms with Crippen LogP contribution in [0.2, 0.25) is 0 Å². The van der Waals surface area contributed by atoms with E-state index in [1.165, 1.54) is 18.4 Å². The van der Waals surface area contributed by atoms with Gasteiger partial charge in [0.25, 0.3) is 0 Å². The van der Waals surface area contributed by atoms with Crippen molar-refractivity contribution in [3.8, 4) is 0 Å². The molecule has 0 radical (unpaired) electrons. The Bertz CT molecular complexity index is 440. The second kappa shape index (κ2) is 6.52. The quantitative estimate of drug-likeness (QED) is 0.733. The molecule has 0 aromatic heterocycles. The predicted octanol–water partition coefficient (Wildman–Crippen LogP) is 5.45. The van der Waals surface area contributed by atoms with Crippen LogP contribution in [0.5, 0.6) is 0 Å². The van der Waals surface area contributed by atoms with Crippen molar-refractivity contribution in [1.82, 2.24) is 0 Å². The van der Waals surface area contributed by atoms with E-state index in [2.05, 4.69) is 52.0 Å². The highest BCUT2D eigenvalue weighted by Gasteiger charge is 2.35. The molecule has 1 nitrogen and oxygen atoms in total. The van der Waals surface area contributed by atoms with Gasteiger partial charge < -0.3 is 5.11 Å². The summed E-state index contributed by atoms with van der Waals surface area (Å²) in [6.07, 6.45) is 7.64. The second-order valence-corrected chi connectivity index (χ2v) is 7.97. The van der Waals surface area contributed by atoms with Crippen molar-refractivity contribution in [1.29, 1.82) is 0 Å². The maximum Gasteiger partial charge on any atom is 0.0896 e. The highest BCUT2D eigenvalue weighted by Crippen LogP contribution is 2.43. The molecule has 1 saturated carbocycles. The molecule has 0 spiro atoms. The van der Waals surface area contributed by atoms with Crippen LogP contribution in [0.1, 0.15) is 77.3 Å². The number of aryl methyl sites for hydroxylation is 1. The van der Waals surface area contributed by atoms with Crippen molar-refractivity contribution < 1.29 is 5.11 Å². The van der Waals surface area contributed by atoms with E-state index in [1.54, 1.807) is 0 Å². The Kier molecular flexibility index (Phi) is 5.14. The fourth-order valence-corrected chi connectivity index (χ4v) is 3.75. The Balaban J connectivity index is 2.11. The van der Waals surface area contributed by atoms with Gasteiger partial charge in [-0.3, -0.25) is 0 Å². The lowest BCUT2D eigenvalue weighted by atomic mass is 9.76. The fraction of sp³-hybridized carbons (Fsp3) is 0.700. The minimum Gasteiger partial charge on any atom is -0.385 e. The Morgan fingerprint density at radius 1 is 1.10 bits per heavy atom. The Morgan fingerprint density at radius 3 is 2.33 bits per heavy atom. The summed E-state index contributed by atoms with van der Waals surface area (Å²) in [5.41, 5.74) is 2.25. The molecule has 1 aromatic rings. The van der Waals surface area contributed by atoms with Crippen LogP contribution in [0, 0.1) is 11.3 Å². The summed E-state index contributed by atoms with van der Waals surface area (Å²) in [5, 5.41) is 11.1. The normalized spacial score (nSPS) is 27.4. The third-order valence-corrected chi connectivity index (χ3v) is 5.30. The molecule has 0 amide bonds. The zero-order valence-electron chi connectivity index (χ0n) is 14.3. The van der Waals surface area contributed by atoms with E-state index in [0.717, 1.165) is 43.6 Å². The third-order valence-electron chi connectivity index (χ3n) is 5.30. The van der Waals surface area contributed by atoms with Gasteiger partial charge in [-0.25, -0.2) is 0 Å². The van der Waals surface area contributed by atoms with Gasteiger partial charge in [0.1, 0.15) is 0 Å². The molecule has 1 aliphatic rings. The minimum atomic E-state index is -0.606. The van der Waals surface area contributed by atoms with Crippen molar-refractivity contribution in [3.63, 3.8) is 0 Å². The Morgan fingerprint density at radius 2 is 1.76 bits per heavy atom. The average molecular weight is 288 g/mol. The summed E-state index contributed by atoms with van der Waals surface area (Å²) in [6, 6.07) is 8.71. The molecule has 2 unspecified atom stereocenters. The molecule has 118 valence electrons. The first-order chi connectivity index (χ1) is 9.85. The van der Waals surface area contributed by atoms with Gasteiger partial charge in [0.05, 0.1) is 5.60 Å². The standard InChI is InChI=1S/C20H32O/c1-5-7-16-9-11-18(12-10-16)20(21)14-6-8-17(13-15-20)19(2,3)4/h9-12,17,21H,5-8,13-15H2,1-4H3. The second-order valence-electron chi connectivity index (χ2n) is 7.97. The summed E-state index contributed by atoms with van der Waals surface area (Å²) in [7, 11) is 0. The summed E-state index contributed by atoms with van der Waals surface area (Å²) in [4.78, 5) is 0. The van der Waals surface area contributed by atoms with Crippen LogP contribution in [0.4, 0.5) is 0 Å². The molecule has 0 heterocycles. The van der Waals surface area contributed by atoms with Crippen LogP contribution >= 0.6 is 0 Å². The Labute approximate surface area is 130 Å². The van der Waals surface area contributed by atoms with Crippen molar-refractivity contribution >= 4 is 0 Å². The number of rotatable bonds is 3. The van der Waals surface area contributed by atoms with E-state index < -0.39 is 5.60 Å². The highest BCUT2D eigenvalue weighted by atomic mass is 16.3. The molecule has 0 bridgehead atoms. The van der Waals surface area contributed by atoms with E-state index in [9.17, 15) is 5.11 Å². The molecule has 2 atom stereocenters. The molecule has 1 aromatic carbocycles. The lowest BCUT2D eigenvalue weighted by molar-refractivity contribution is 0.0179. The predicted molar refractivity (Wildman–Crippen MR) is 90.4 cm³/mol. The molecule has 21 heavy (non-hydrogen) atoms. The number of aliphatic hydroxyl groups is 1. The lowest BCUT2D eigenvalue weighted by Gasteiger charge is -2.31. The van der Waals surface area contributed by atoms with Gasteiger partial charge in [-0.15, -0.1) is 0 Å². The van der Waals surface area contributed by atoms with E-state index in [-0.39, 0.29) is 0 Å². The van der Waals surface area contributed by atoms with Gasteiger partial charge in [-0.1, -0.05) is 58.4 Å². The molecular formula is C20H32O. The van der Waals surface area contributed by atoms with Crippen LogP contribution in [-0.2, 0) is 12.0 Å². The number of hydrogen-bond acceptors (Lipinski definition) is 1. The van der Waals surface area contributed by atoms with Gasteiger partial charge in [-0.05, 0) is 61.0 Å². The number of hydrogen-bond donors (Lipinski definition) is 1. The van der Waals surface area contributed by atoms with Crippen molar-refractivity contribution in [2.45, 2.75) is 78.2 Å². The molecule has 0 aliphatic heterocycles. The maximum absolute atomic E-state index is 11.1. The summed E-state index contributed by atoms with van der Waals surface area (Å²) < 4.78 is 0. The van der Waals surface area contributed by atoms with Crippen LogP contribution in [0.3, 0.4) is 0 Å². The summed E-state index contributed by atoms with van der Waals surface area (Å²) in [6.45, 7) is 9.21. The van der Waals surface area contributed by atoms with Gasteiger partial charge in [-0.2, -0.15) is 0 Å². The first-order valence-corrected chi connectivity index (χ1v) is 8.67. The zero-order valence-corrected chi connectivity index (χ0v) is 14.3. The SMILES string of the molecule is CCCc1ccc(C2(O)CCCC(C(C)(C)C)CC2)cc1. The van der Waals surface area contributed by atoms with Crippen LogP contribution in [-0.4, -0.2) is 5.11 Å². The molecule has 2 rings (SSSR count). The van der Waals surface area contributed by atoms with Crippen molar-refractivity contribution in [2.24, 2.45) is 11.3 Å². The van der Waals surface area contributed by atoms with Crippen LogP contribution in [0.25, 0.3) is 0 Å². The molecule has 1 fully saturated rings. The third kappa shape index (κ3) is 4.10. The van der Waals surface area contributed by atoms with Crippen LogP contribution in [0.15, 0.2) is 24.3 Å². The maximum atomic E-state index is 11.1. The van der Waals surface area contributed by atoms with Gasteiger partial charge in [0, 0.05) is 0 Å². The molecular weight excluding hydrogens is 256 g/mol. The fourth-order valence-electron chi connectivity index (χ4n) is 3.75. The van der Waals surface area contributed by atoms with E-state index >= 15 is 0 Å². The van der Waals surface area contributed by atoms with Gasteiger partial charge in [0.15, 0.2) is 0 Å². The molecule has 1 aliphatic carbocycles. The van der Waals surface area contributed by atoms with E-state index in [4.69, 9.17) is 0 Å². The van der Waals surface area contributed by atoms with E-state index in [1.807, 2.05) is 0 Å². The topological polar surface area (TPSA) is 20.2 Å². The smallest absolute Gasteiger partial charge is 0.0896 e. The Hall–Kier alpha value is -0.820. The summed E-state index contributed by atoms with van der Waals surface area (Å²) in [5.74, 6) is 0.728. The molecule has 1 heteroatoms. The zero-order chi connectivity index (χ0) is 15.5. The number of benzene rings is 1. The van der Waals surface area contributed by atoms with Crippen LogP contribution < -0.4 is 0 Å². The molecule has 0 saturated heterocycles. The highest BCUT2D eigenvalue weighted by molar-refractivity contribution is 5.27. The lowest BCUT2D eigenvalue weighted by Crippen LogP contribution is -2.25. The summed E-state index contributed by atoms with van der Waals surface area (Å²) >= 11 is 0. The van der Waals surface area contributed by atoms with Crippen molar-refractivity contribution in [2.75, 3.05) is 0 Å². The molecule has 1 N–H and O–H groups in total. The first kappa shape index (κ1) is 16.5. The minimum absolute atomic E-state index is 0.357. The van der Waals surface area contributed by atoms with Crippen molar-refractivity contribution in [3.05, 3.63) is 35.4 Å². The monoisotopic (exact) mass is 288 g/mol. The first-order valence-electron chi connectivity index (χ1n) is 8.67. The average Bonchev–Trinajstić information content (AvgIpc) is 2.62. The van der Waals surface area contributed by atoms with Gasteiger partial charge >= 0.3 is 0 Å². The largest absolute Gasteiger partial charge is 0.385 e.